The van der Waals surface area contributed by atoms with Crippen LogP contribution in [0.4, 0.5) is 4.79 Å². The maximum Gasteiger partial charge on any atom is 0.293 e. The molecule has 33 heavy (non-hydrogen) atoms. The Morgan fingerprint density at radius 1 is 0.848 bits per heavy atom. The van der Waals surface area contributed by atoms with Crippen LogP contribution < -0.4 is 4.74 Å². The maximum absolute atomic E-state index is 12.9. The van der Waals surface area contributed by atoms with E-state index >= 15 is 0 Å². The number of carbonyl (C=O) groups excluding carboxylic acids is 2. The van der Waals surface area contributed by atoms with Gasteiger partial charge in [0.05, 0.1) is 11.4 Å². The van der Waals surface area contributed by atoms with E-state index in [4.69, 9.17) is 51.1 Å². The molecular weight excluding hydrogens is 524 g/mol. The Kier molecular flexibility index (Phi) is 7.57. The van der Waals surface area contributed by atoms with Crippen molar-refractivity contribution in [3.05, 3.63) is 102 Å². The molecule has 0 bridgehead atoms. The van der Waals surface area contributed by atoms with E-state index in [-0.39, 0.29) is 24.3 Å². The summed E-state index contributed by atoms with van der Waals surface area (Å²) in [6, 6.07) is 17.4. The quantitative estimate of drug-likeness (QED) is 0.297. The van der Waals surface area contributed by atoms with E-state index < -0.39 is 0 Å². The van der Waals surface area contributed by atoms with E-state index in [1.807, 2.05) is 12.1 Å². The highest BCUT2D eigenvalue weighted by Crippen LogP contribution is 2.35. The lowest BCUT2D eigenvalue weighted by atomic mass is 10.2. The Bertz CT molecular complexity index is 1280. The molecule has 0 atom stereocenters. The lowest BCUT2D eigenvalue weighted by Crippen LogP contribution is -2.27. The molecule has 2 amide bonds. The van der Waals surface area contributed by atoms with Crippen molar-refractivity contribution >= 4 is 75.4 Å². The second-order valence-electron chi connectivity index (χ2n) is 7.10. The average molecular weight is 539 g/mol. The van der Waals surface area contributed by atoms with Crippen molar-refractivity contribution in [1.82, 2.24) is 4.90 Å². The highest BCUT2D eigenvalue weighted by atomic mass is 35.5. The first-order chi connectivity index (χ1) is 15.8. The summed E-state index contributed by atoms with van der Waals surface area (Å²) in [6.45, 7) is 0.334. The van der Waals surface area contributed by atoms with Crippen molar-refractivity contribution in [3.8, 4) is 5.75 Å². The minimum atomic E-state index is -0.379. The monoisotopic (exact) mass is 537 g/mol. The van der Waals surface area contributed by atoms with Gasteiger partial charge in [-0.1, -0.05) is 70.7 Å². The van der Waals surface area contributed by atoms with Gasteiger partial charge in [-0.25, -0.2) is 0 Å². The van der Waals surface area contributed by atoms with Crippen LogP contribution in [-0.2, 0) is 17.9 Å². The Labute approximate surface area is 215 Å². The van der Waals surface area contributed by atoms with E-state index in [1.54, 1.807) is 54.6 Å². The van der Waals surface area contributed by atoms with Gasteiger partial charge in [-0.3, -0.25) is 14.5 Å². The van der Waals surface area contributed by atoms with Crippen LogP contribution >= 0.6 is 58.2 Å². The van der Waals surface area contributed by atoms with Crippen LogP contribution in [0.5, 0.6) is 5.75 Å². The molecule has 1 heterocycles. The molecule has 3 aromatic carbocycles. The summed E-state index contributed by atoms with van der Waals surface area (Å²) in [5.41, 5.74) is 2.17. The average Bonchev–Trinajstić information content (AvgIpc) is 3.02. The van der Waals surface area contributed by atoms with Crippen LogP contribution in [0.1, 0.15) is 16.7 Å². The van der Waals surface area contributed by atoms with Crippen LogP contribution in [0, 0.1) is 0 Å². The van der Waals surface area contributed by atoms with Crippen molar-refractivity contribution in [2.75, 3.05) is 0 Å². The zero-order valence-electron chi connectivity index (χ0n) is 16.9. The number of benzene rings is 3. The molecule has 0 aliphatic carbocycles. The molecule has 0 spiro atoms. The summed E-state index contributed by atoms with van der Waals surface area (Å²) in [4.78, 5) is 26.8. The summed E-state index contributed by atoms with van der Waals surface area (Å²) in [7, 11) is 0. The van der Waals surface area contributed by atoms with Crippen LogP contribution in [-0.4, -0.2) is 16.0 Å². The zero-order valence-corrected chi connectivity index (χ0v) is 20.7. The molecule has 1 aliphatic rings. The minimum Gasteiger partial charge on any atom is -0.489 e. The van der Waals surface area contributed by atoms with Gasteiger partial charge < -0.3 is 4.74 Å². The number of thioether (sulfide) groups is 1. The van der Waals surface area contributed by atoms with Crippen LogP contribution in [0.2, 0.25) is 20.1 Å². The fraction of sp³-hybridized carbons (Fsp3) is 0.0833. The third-order valence-electron chi connectivity index (χ3n) is 4.78. The minimum absolute atomic E-state index is 0.0724. The van der Waals surface area contributed by atoms with Gasteiger partial charge >= 0.3 is 0 Å². The van der Waals surface area contributed by atoms with Crippen molar-refractivity contribution in [1.29, 1.82) is 0 Å². The third-order valence-corrected chi connectivity index (χ3v) is 6.86. The maximum atomic E-state index is 12.9. The van der Waals surface area contributed by atoms with E-state index in [9.17, 15) is 9.59 Å². The van der Waals surface area contributed by atoms with Crippen molar-refractivity contribution in [2.45, 2.75) is 13.2 Å². The predicted octanol–water partition coefficient (Wildman–Crippen LogP) is 8.12. The summed E-state index contributed by atoms with van der Waals surface area (Å²) < 4.78 is 5.84. The fourth-order valence-corrected chi connectivity index (χ4v) is 4.87. The van der Waals surface area contributed by atoms with Gasteiger partial charge in [0.2, 0.25) is 0 Å². The highest BCUT2D eigenvalue weighted by molar-refractivity contribution is 8.18. The topological polar surface area (TPSA) is 46.6 Å². The molecule has 0 N–H and O–H groups in total. The molecule has 0 radical (unpaired) electrons. The van der Waals surface area contributed by atoms with Crippen molar-refractivity contribution < 1.29 is 14.3 Å². The number of hydrogen-bond donors (Lipinski definition) is 0. The highest BCUT2D eigenvalue weighted by Gasteiger charge is 2.35. The van der Waals surface area contributed by atoms with Gasteiger partial charge in [0.1, 0.15) is 12.4 Å². The number of ether oxygens (including phenoxy) is 1. The molecule has 0 saturated carbocycles. The molecular formula is C24H15Cl4NO3S. The molecule has 4 rings (SSSR count). The molecule has 0 aromatic heterocycles. The van der Waals surface area contributed by atoms with Gasteiger partial charge in [-0.2, -0.15) is 0 Å². The smallest absolute Gasteiger partial charge is 0.293 e. The number of hydrogen-bond acceptors (Lipinski definition) is 4. The van der Waals surface area contributed by atoms with Gasteiger partial charge in [0.25, 0.3) is 11.1 Å². The molecule has 3 aromatic rings. The second kappa shape index (κ2) is 10.4. The van der Waals surface area contributed by atoms with Gasteiger partial charge in [0, 0.05) is 25.7 Å². The number of rotatable bonds is 6. The van der Waals surface area contributed by atoms with Gasteiger partial charge in [-0.05, 0) is 65.4 Å². The number of imide groups is 1. The normalized spacial score (nSPS) is 14.9. The summed E-state index contributed by atoms with van der Waals surface area (Å²) >= 11 is 25.1. The zero-order chi connectivity index (χ0) is 23.5. The summed E-state index contributed by atoms with van der Waals surface area (Å²) in [5, 5.41) is 1.60. The van der Waals surface area contributed by atoms with E-state index in [0.717, 1.165) is 27.8 Å². The number of carbonyl (C=O) groups is 2. The molecule has 0 unspecified atom stereocenters. The largest absolute Gasteiger partial charge is 0.489 e. The van der Waals surface area contributed by atoms with Crippen LogP contribution in [0.15, 0.2) is 65.6 Å². The molecule has 1 fully saturated rings. The Morgan fingerprint density at radius 2 is 1.52 bits per heavy atom. The molecule has 168 valence electrons. The Morgan fingerprint density at radius 3 is 2.18 bits per heavy atom. The van der Waals surface area contributed by atoms with Gasteiger partial charge in [-0.15, -0.1) is 0 Å². The first-order valence-electron chi connectivity index (χ1n) is 9.66. The number of nitrogens with zero attached hydrogens (tertiary/aromatic N) is 1. The van der Waals surface area contributed by atoms with Crippen LogP contribution in [0.25, 0.3) is 6.08 Å². The Balaban J connectivity index is 1.47. The SMILES string of the molecule is O=C1S/C(=C\c2cccc(OCc3ccc(Cl)cc3Cl)c2)C(=O)N1Cc1ccc(Cl)cc1Cl. The predicted molar refractivity (Wildman–Crippen MR) is 135 cm³/mol. The molecule has 1 saturated heterocycles. The summed E-state index contributed by atoms with van der Waals surface area (Å²) in [6.07, 6.45) is 1.66. The van der Waals surface area contributed by atoms with Crippen molar-refractivity contribution in [2.24, 2.45) is 0 Å². The van der Waals surface area contributed by atoms with Crippen molar-refractivity contribution in [3.63, 3.8) is 0 Å². The number of amides is 2. The lowest BCUT2D eigenvalue weighted by Gasteiger charge is -2.13. The first-order valence-corrected chi connectivity index (χ1v) is 12.0. The third kappa shape index (κ3) is 5.86. The van der Waals surface area contributed by atoms with Crippen LogP contribution in [0.3, 0.4) is 0 Å². The van der Waals surface area contributed by atoms with E-state index in [0.29, 0.717) is 36.3 Å². The fourth-order valence-electron chi connectivity index (χ4n) is 3.10. The number of halogens is 4. The summed E-state index contributed by atoms with van der Waals surface area (Å²) in [5.74, 6) is 0.220. The molecule has 4 nitrogen and oxygen atoms in total. The lowest BCUT2D eigenvalue weighted by molar-refractivity contribution is -0.123. The standard InChI is InChI=1S/C24H15Cl4NO3S/c25-17-6-4-15(20(27)10-17)12-29-23(30)22(33-24(29)31)9-14-2-1-3-19(8-14)32-13-16-5-7-18(26)11-21(16)28/h1-11H,12-13H2/b22-9-. The molecule has 9 heteroatoms. The Hall–Kier alpha value is -2.15. The van der Waals surface area contributed by atoms with Gasteiger partial charge in [0.15, 0.2) is 0 Å². The van der Waals surface area contributed by atoms with E-state index in [2.05, 4.69) is 0 Å². The van der Waals surface area contributed by atoms with E-state index in [1.165, 1.54) is 0 Å². The second-order valence-corrected chi connectivity index (χ2v) is 9.78. The first kappa shape index (κ1) is 24.0. The molecule has 1 aliphatic heterocycles.